The number of nitrogens with zero attached hydrogens (tertiary/aromatic N) is 2. The van der Waals surface area contributed by atoms with Crippen molar-refractivity contribution in [1.82, 2.24) is 5.32 Å². The Morgan fingerprint density at radius 2 is 1.67 bits per heavy atom. The molecule has 1 atom stereocenters. The molecule has 6 rings (SSSR count). The van der Waals surface area contributed by atoms with Crippen LogP contribution in [0.5, 0.6) is 0 Å². The molecule has 1 aliphatic carbocycles. The lowest BCUT2D eigenvalue weighted by Gasteiger charge is -2.41. The first kappa shape index (κ1) is 25.1. The van der Waals surface area contributed by atoms with Gasteiger partial charge in [-0.2, -0.15) is 4.48 Å². The van der Waals surface area contributed by atoms with Crippen LogP contribution < -0.4 is 10.2 Å². The van der Waals surface area contributed by atoms with Gasteiger partial charge in [0.1, 0.15) is 18.1 Å². The maximum atomic E-state index is 15.0. The zero-order valence-corrected chi connectivity index (χ0v) is 22.0. The van der Waals surface area contributed by atoms with Crippen molar-refractivity contribution in [2.75, 3.05) is 23.0 Å². The van der Waals surface area contributed by atoms with Gasteiger partial charge in [-0.25, -0.2) is 9.18 Å². The molecule has 3 aromatic rings. The van der Waals surface area contributed by atoms with Gasteiger partial charge in [-0.3, -0.25) is 9.69 Å². The Morgan fingerprint density at radius 3 is 2.46 bits per heavy atom. The SMILES string of the molecule is O=C(c1ccccc1)N(c1ccc(C(=O)[N+]23CCSCC2=CNC=C2CC=CC=C23)cc1)c1ccccc1F. The maximum absolute atomic E-state index is 15.0. The van der Waals surface area contributed by atoms with E-state index in [4.69, 9.17) is 0 Å². The summed E-state index contributed by atoms with van der Waals surface area (Å²) in [7, 11) is 0. The van der Waals surface area contributed by atoms with E-state index in [1.165, 1.54) is 11.0 Å². The fourth-order valence-corrected chi connectivity index (χ4v) is 6.45. The van der Waals surface area contributed by atoms with E-state index >= 15 is 0 Å². The summed E-state index contributed by atoms with van der Waals surface area (Å²) in [6, 6.07) is 21.9. The van der Waals surface area contributed by atoms with Gasteiger partial charge >= 0.3 is 5.91 Å². The number of hydrogen-bond donors (Lipinski definition) is 1. The molecule has 3 aromatic carbocycles. The normalized spacial score (nSPS) is 19.8. The minimum Gasteiger partial charge on any atom is -0.363 e. The van der Waals surface area contributed by atoms with Gasteiger partial charge < -0.3 is 5.32 Å². The molecule has 1 fully saturated rings. The molecule has 0 spiro atoms. The van der Waals surface area contributed by atoms with E-state index in [2.05, 4.69) is 17.5 Å². The van der Waals surface area contributed by atoms with Gasteiger partial charge in [0.05, 0.1) is 23.2 Å². The molecule has 1 N–H and O–H groups in total. The van der Waals surface area contributed by atoms with Gasteiger partial charge in [0.2, 0.25) is 0 Å². The molecule has 39 heavy (non-hydrogen) atoms. The largest absolute Gasteiger partial charge is 0.363 e. The fourth-order valence-electron chi connectivity index (χ4n) is 5.39. The Morgan fingerprint density at radius 1 is 0.897 bits per heavy atom. The molecule has 2 amide bonds. The van der Waals surface area contributed by atoms with Crippen molar-refractivity contribution in [3.05, 3.63) is 143 Å². The first-order valence-corrected chi connectivity index (χ1v) is 14.0. The molecule has 3 aliphatic rings. The van der Waals surface area contributed by atoms with Crippen molar-refractivity contribution in [2.45, 2.75) is 6.42 Å². The van der Waals surface area contributed by atoms with Gasteiger partial charge in [-0.1, -0.05) is 42.5 Å². The Hall–Kier alpha value is -4.20. The van der Waals surface area contributed by atoms with Crippen LogP contribution in [-0.2, 0) is 0 Å². The highest BCUT2D eigenvalue weighted by Gasteiger charge is 2.49. The molecule has 7 heteroatoms. The first-order chi connectivity index (χ1) is 19.1. The second-order valence-corrected chi connectivity index (χ2v) is 10.7. The molecule has 5 nitrogen and oxygen atoms in total. The zero-order chi connectivity index (χ0) is 26.8. The van der Waals surface area contributed by atoms with Crippen LogP contribution in [0.3, 0.4) is 0 Å². The van der Waals surface area contributed by atoms with Crippen LogP contribution in [0.4, 0.5) is 15.8 Å². The van der Waals surface area contributed by atoms with Gasteiger partial charge in [-0.05, 0) is 55.0 Å². The second kappa shape index (κ2) is 10.5. The predicted molar refractivity (Wildman–Crippen MR) is 154 cm³/mol. The summed E-state index contributed by atoms with van der Waals surface area (Å²) < 4.78 is 15.1. The lowest BCUT2D eigenvalue weighted by atomic mass is 9.99. The average Bonchev–Trinajstić information content (AvgIpc) is 3.16. The number of thioether (sulfide) groups is 1. The van der Waals surface area contributed by atoms with Crippen LogP contribution in [0.25, 0.3) is 0 Å². The molecular formula is C32H27FN3O2S+. The quantitative estimate of drug-likeness (QED) is 0.378. The molecule has 1 saturated heterocycles. The lowest BCUT2D eigenvalue weighted by Crippen LogP contribution is -2.55. The molecule has 1 unspecified atom stereocenters. The number of nitrogens with one attached hydrogen (secondary N) is 1. The number of amides is 2. The number of carbonyl (C=O) groups excluding carboxylic acids is 2. The van der Waals surface area contributed by atoms with Crippen LogP contribution in [0, 0.1) is 5.82 Å². The molecular weight excluding hydrogens is 509 g/mol. The summed E-state index contributed by atoms with van der Waals surface area (Å²) >= 11 is 1.82. The third-order valence-corrected chi connectivity index (χ3v) is 8.29. The number of halogens is 1. The molecule has 0 saturated carbocycles. The summed E-state index contributed by atoms with van der Waals surface area (Å²) in [5.41, 5.74) is 4.71. The number of anilines is 2. The Labute approximate surface area is 231 Å². The van der Waals surface area contributed by atoms with E-state index in [9.17, 15) is 14.0 Å². The maximum Gasteiger partial charge on any atom is 0.355 e. The Kier molecular flexibility index (Phi) is 6.77. The predicted octanol–water partition coefficient (Wildman–Crippen LogP) is 6.68. The van der Waals surface area contributed by atoms with Crippen molar-refractivity contribution in [3.63, 3.8) is 0 Å². The van der Waals surface area contributed by atoms with E-state index in [1.807, 2.05) is 36.3 Å². The lowest BCUT2D eigenvalue weighted by molar-refractivity contribution is -0.766. The minimum absolute atomic E-state index is 0.0175. The van der Waals surface area contributed by atoms with Crippen molar-refractivity contribution in [1.29, 1.82) is 0 Å². The van der Waals surface area contributed by atoms with Crippen LogP contribution in [0.2, 0.25) is 0 Å². The van der Waals surface area contributed by atoms with Crippen LogP contribution >= 0.6 is 11.8 Å². The van der Waals surface area contributed by atoms with Crippen LogP contribution in [0.15, 0.2) is 126 Å². The monoisotopic (exact) mass is 536 g/mol. The Bertz CT molecular complexity index is 1560. The number of benzene rings is 3. The second-order valence-electron chi connectivity index (χ2n) is 9.55. The van der Waals surface area contributed by atoms with E-state index < -0.39 is 5.82 Å². The number of fused-ring (bicyclic) bond motifs is 3. The van der Waals surface area contributed by atoms with Crippen molar-refractivity contribution >= 4 is 35.0 Å². The molecule has 0 aromatic heterocycles. The summed E-state index contributed by atoms with van der Waals surface area (Å²) in [5, 5.41) is 3.29. The smallest absolute Gasteiger partial charge is 0.355 e. The molecule has 0 bridgehead atoms. The topological polar surface area (TPSA) is 49.4 Å². The Balaban J connectivity index is 1.41. The molecule has 0 radical (unpaired) electrons. The standard InChI is InChI=1S/C32H27FN3O2S/c33-28-11-5-6-12-29(28)35(31(37)23-8-2-1-3-9-23)26-16-14-24(15-17-26)32(38)36-18-19-39-22-27(36)21-34-20-25-10-4-7-13-30(25)36/h1-9,11-17,20-21,34H,10,18-19,22H2/q+1. The number of allylic oxidation sites excluding steroid dienone is 4. The van der Waals surface area contributed by atoms with Crippen LogP contribution in [0.1, 0.15) is 27.1 Å². The van der Waals surface area contributed by atoms with E-state index in [-0.39, 0.29) is 22.0 Å². The van der Waals surface area contributed by atoms with E-state index in [0.29, 0.717) is 23.4 Å². The number of carbonyl (C=O) groups is 2. The first-order valence-electron chi connectivity index (χ1n) is 12.9. The molecule has 2 aliphatic heterocycles. The fraction of sp³-hybridized carbons (Fsp3) is 0.125. The van der Waals surface area contributed by atoms with Gasteiger partial charge in [0, 0.05) is 34.9 Å². The van der Waals surface area contributed by atoms with Gasteiger partial charge in [0.15, 0.2) is 5.70 Å². The number of hydrogen-bond acceptors (Lipinski definition) is 4. The third-order valence-electron chi connectivity index (χ3n) is 7.32. The van der Waals surface area contributed by atoms with Gasteiger partial charge in [0.25, 0.3) is 5.91 Å². The summed E-state index contributed by atoms with van der Waals surface area (Å²) in [6.07, 6.45) is 10.9. The molecule has 2 heterocycles. The number of rotatable bonds is 4. The summed E-state index contributed by atoms with van der Waals surface area (Å²) in [6.45, 7) is 0.656. The summed E-state index contributed by atoms with van der Waals surface area (Å²) in [4.78, 5) is 29.3. The van der Waals surface area contributed by atoms with Crippen LogP contribution in [-0.4, -0.2) is 34.3 Å². The van der Waals surface area contributed by atoms with Crippen molar-refractivity contribution in [2.24, 2.45) is 0 Å². The van der Waals surface area contributed by atoms with Gasteiger partial charge in [-0.15, -0.1) is 11.8 Å². The van der Waals surface area contributed by atoms with E-state index in [0.717, 1.165) is 34.9 Å². The minimum atomic E-state index is -0.505. The highest BCUT2D eigenvalue weighted by molar-refractivity contribution is 7.99. The van der Waals surface area contributed by atoms with E-state index in [1.54, 1.807) is 66.7 Å². The zero-order valence-electron chi connectivity index (χ0n) is 21.2. The average molecular weight is 537 g/mol. The number of quaternary nitrogens is 1. The molecule has 194 valence electrons. The highest BCUT2D eigenvalue weighted by Crippen LogP contribution is 2.42. The third kappa shape index (κ3) is 4.43. The summed E-state index contributed by atoms with van der Waals surface area (Å²) in [5.74, 6) is 0.742. The highest BCUT2D eigenvalue weighted by atomic mass is 32.2. The van der Waals surface area contributed by atoms with Crippen molar-refractivity contribution in [3.8, 4) is 0 Å². The number of para-hydroxylation sites is 1. The van der Waals surface area contributed by atoms with Crippen molar-refractivity contribution < 1.29 is 18.5 Å².